The minimum atomic E-state index is -0.174. The fourth-order valence-corrected chi connectivity index (χ4v) is 3.58. The molecular weight excluding hydrogens is 346 g/mol. The van der Waals surface area contributed by atoms with E-state index in [-0.39, 0.29) is 23.4 Å². The summed E-state index contributed by atoms with van der Waals surface area (Å²) in [5.74, 6) is -0.380. The Morgan fingerprint density at radius 3 is 2.56 bits per heavy atom. The maximum atomic E-state index is 12.9. The van der Waals surface area contributed by atoms with Crippen molar-refractivity contribution in [1.82, 2.24) is 14.5 Å². The molecule has 7 heteroatoms. The number of carbonyl (C=O) groups excluding carboxylic acids is 2. The number of nitrogens with zero attached hydrogens (tertiary/aromatic N) is 3. The Hall–Kier alpha value is -2.70. The lowest BCUT2D eigenvalue weighted by Crippen LogP contribution is -2.40. The minimum absolute atomic E-state index is 0.0760. The molecule has 0 radical (unpaired) electrons. The Kier molecular flexibility index (Phi) is 5.58. The number of aryl methyl sites for hydroxylation is 2. The van der Waals surface area contributed by atoms with Gasteiger partial charge >= 0.3 is 5.97 Å². The highest BCUT2D eigenvalue weighted by atomic mass is 16.5. The second-order valence-electron chi connectivity index (χ2n) is 6.77. The van der Waals surface area contributed by atoms with Crippen molar-refractivity contribution < 1.29 is 14.3 Å². The number of aromatic nitrogens is 2. The van der Waals surface area contributed by atoms with Crippen LogP contribution in [0, 0.1) is 12.8 Å². The van der Waals surface area contributed by atoms with E-state index in [9.17, 15) is 14.4 Å². The number of fused-ring (bicyclic) bond motifs is 1. The molecule has 0 unspecified atom stereocenters. The first-order valence-electron chi connectivity index (χ1n) is 9.43. The maximum Gasteiger partial charge on any atom is 0.309 e. The predicted molar refractivity (Wildman–Crippen MR) is 102 cm³/mol. The number of hydrogen-bond acceptors (Lipinski definition) is 5. The molecule has 1 aliphatic rings. The summed E-state index contributed by atoms with van der Waals surface area (Å²) in [6, 6.07) is 5.27. The molecule has 0 N–H and O–H groups in total. The molecule has 144 valence electrons. The van der Waals surface area contributed by atoms with Gasteiger partial charge in [-0.2, -0.15) is 0 Å². The fourth-order valence-electron chi connectivity index (χ4n) is 3.58. The Balaban J connectivity index is 1.80. The van der Waals surface area contributed by atoms with Crippen molar-refractivity contribution in [3.8, 4) is 0 Å². The smallest absolute Gasteiger partial charge is 0.309 e. The molecule has 3 rings (SSSR count). The van der Waals surface area contributed by atoms with Gasteiger partial charge in [-0.25, -0.2) is 4.98 Å². The van der Waals surface area contributed by atoms with E-state index in [0.717, 1.165) is 5.52 Å². The number of rotatable bonds is 4. The average molecular weight is 371 g/mol. The molecule has 1 saturated heterocycles. The van der Waals surface area contributed by atoms with Crippen LogP contribution < -0.4 is 5.56 Å². The topological polar surface area (TPSA) is 81.5 Å². The fraction of sp³-hybridized carbons (Fsp3) is 0.500. The van der Waals surface area contributed by atoms with Crippen LogP contribution in [0.25, 0.3) is 11.0 Å². The molecule has 7 nitrogen and oxygen atoms in total. The first kappa shape index (κ1) is 19.1. The van der Waals surface area contributed by atoms with Crippen LogP contribution >= 0.6 is 0 Å². The van der Waals surface area contributed by atoms with Crippen molar-refractivity contribution in [2.45, 2.75) is 40.2 Å². The summed E-state index contributed by atoms with van der Waals surface area (Å²) in [5, 5.41) is 0. The summed E-state index contributed by atoms with van der Waals surface area (Å²) >= 11 is 0. The van der Waals surface area contributed by atoms with Crippen LogP contribution in [0.15, 0.2) is 23.0 Å². The second-order valence-corrected chi connectivity index (χ2v) is 6.77. The number of piperidine rings is 1. The second kappa shape index (κ2) is 7.90. The van der Waals surface area contributed by atoms with E-state index < -0.39 is 0 Å². The SMILES string of the molecule is CCOC(=O)C1CCN(C(=O)c2ccc3c(c2)nc(C)c(=O)n3CC)CC1. The minimum Gasteiger partial charge on any atom is -0.466 e. The highest BCUT2D eigenvalue weighted by molar-refractivity contribution is 5.97. The summed E-state index contributed by atoms with van der Waals surface area (Å²) in [5.41, 5.74) is 2.23. The first-order valence-corrected chi connectivity index (χ1v) is 9.43. The number of ether oxygens (including phenoxy) is 1. The van der Waals surface area contributed by atoms with Crippen LogP contribution in [0.5, 0.6) is 0 Å². The van der Waals surface area contributed by atoms with E-state index in [1.165, 1.54) is 0 Å². The molecule has 0 saturated carbocycles. The zero-order valence-corrected chi connectivity index (χ0v) is 16.0. The molecule has 2 heterocycles. The molecule has 0 spiro atoms. The largest absolute Gasteiger partial charge is 0.466 e. The molecule has 1 aromatic carbocycles. The van der Waals surface area contributed by atoms with Crippen LogP contribution in [0.1, 0.15) is 42.7 Å². The maximum absolute atomic E-state index is 12.9. The van der Waals surface area contributed by atoms with Gasteiger partial charge in [0.15, 0.2) is 0 Å². The number of hydrogen-bond donors (Lipinski definition) is 0. The summed E-state index contributed by atoms with van der Waals surface area (Å²) in [6.45, 7) is 7.37. The van der Waals surface area contributed by atoms with Gasteiger partial charge in [-0.1, -0.05) is 0 Å². The summed E-state index contributed by atoms with van der Waals surface area (Å²) in [6.07, 6.45) is 1.23. The monoisotopic (exact) mass is 371 g/mol. The number of carbonyl (C=O) groups is 2. The lowest BCUT2D eigenvalue weighted by molar-refractivity contribution is -0.149. The predicted octanol–water partition coefficient (Wildman–Crippen LogP) is 2.14. The van der Waals surface area contributed by atoms with Gasteiger partial charge in [-0.05, 0) is 51.8 Å². The number of benzene rings is 1. The summed E-state index contributed by atoms with van der Waals surface area (Å²) < 4.78 is 6.74. The normalized spacial score (nSPS) is 15.1. The molecule has 0 bridgehead atoms. The lowest BCUT2D eigenvalue weighted by Gasteiger charge is -2.31. The third-order valence-corrected chi connectivity index (χ3v) is 5.07. The van der Waals surface area contributed by atoms with Crippen LogP contribution in [-0.4, -0.2) is 46.0 Å². The number of esters is 1. The average Bonchev–Trinajstić information content (AvgIpc) is 2.68. The van der Waals surface area contributed by atoms with Crippen molar-refractivity contribution in [1.29, 1.82) is 0 Å². The Labute approximate surface area is 157 Å². The van der Waals surface area contributed by atoms with Crippen LogP contribution in [-0.2, 0) is 16.1 Å². The number of amides is 1. The van der Waals surface area contributed by atoms with Crippen molar-refractivity contribution in [2.24, 2.45) is 5.92 Å². The van der Waals surface area contributed by atoms with E-state index >= 15 is 0 Å². The van der Waals surface area contributed by atoms with Crippen molar-refractivity contribution >= 4 is 22.9 Å². The van der Waals surface area contributed by atoms with Gasteiger partial charge in [0.2, 0.25) is 0 Å². The van der Waals surface area contributed by atoms with E-state index in [2.05, 4.69) is 4.98 Å². The molecule has 0 atom stereocenters. The highest BCUT2D eigenvalue weighted by Gasteiger charge is 2.28. The lowest BCUT2D eigenvalue weighted by atomic mass is 9.96. The Morgan fingerprint density at radius 1 is 1.22 bits per heavy atom. The van der Waals surface area contributed by atoms with Gasteiger partial charge < -0.3 is 14.2 Å². The highest BCUT2D eigenvalue weighted by Crippen LogP contribution is 2.21. The Morgan fingerprint density at radius 2 is 1.93 bits per heavy atom. The molecule has 0 aliphatic carbocycles. The van der Waals surface area contributed by atoms with Crippen molar-refractivity contribution in [3.63, 3.8) is 0 Å². The van der Waals surface area contributed by atoms with Gasteiger partial charge in [-0.15, -0.1) is 0 Å². The van der Waals surface area contributed by atoms with Crippen LogP contribution in [0.4, 0.5) is 0 Å². The van der Waals surface area contributed by atoms with Gasteiger partial charge in [0.05, 0.1) is 23.6 Å². The zero-order valence-electron chi connectivity index (χ0n) is 16.0. The summed E-state index contributed by atoms with van der Waals surface area (Å²) in [4.78, 5) is 43.0. The van der Waals surface area contributed by atoms with Gasteiger partial charge in [0.25, 0.3) is 11.5 Å². The molecular formula is C20H25N3O4. The first-order chi connectivity index (χ1) is 13.0. The van der Waals surface area contributed by atoms with Crippen LogP contribution in [0.3, 0.4) is 0 Å². The van der Waals surface area contributed by atoms with E-state index in [1.54, 1.807) is 41.5 Å². The molecule has 2 aromatic rings. The number of likely N-dealkylation sites (tertiary alicyclic amines) is 1. The van der Waals surface area contributed by atoms with Gasteiger partial charge in [0.1, 0.15) is 5.69 Å². The molecule has 1 aliphatic heterocycles. The third-order valence-electron chi connectivity index (χ3n) is 5.07. The molecule has 1 amide bonds. The third kappa shape index (κ3) is 3.72. The van der Waals surface area contributed by atoms with Crippen LogP contribution in [0.2, 0.25) is 0 Å². The van der Waals surface area contributed by atoms with E-state index in [4.69, 9.17) is 4.74 Å². The van der Waals surface area contributed by atoms with Crippen molar-refractivity contribution in [3.05, 3.63) is 39.8 Å². The van der Waals surface area contributed by atoms with E-state index in [0.29, 0.717) is 55.9 Å². The van der Waals surface area contributed by atoms with Gasteiger partial charge in [0, 0.05) is 25.2 Å². The van der Waals surface area contributed by atoms with Gasteiger partial charge in [-0.3, -0.25) is 14.4 Å². The summed E-state index contributed by atoms with van der Waals surface area (Å²) in [7, 11) is 0. The van der Waals surface area contributed by atoms with Crippen molar-refractivity contribution in [2.75, 3.05) is 19.7 Å². The zero-order chi connectivity index (χ0) is 19.6. The molecule has 1 fully saturated rings. The van der Waals surface area contributed by atoms with E-state index in [1.807, 2.05) is 6.92 Å². The Bertz CT molecular complexity index is 927. The molecule has 27 heavy (non-hydrogen) atoms. The quantitative estimate of drug-likeness (QED) is 0.769. The molecule has 1 aromatic heterocycles. The standard InChI is InChI=1S/C20H25N3O4/c1-4-23-17-7-6-15(12-16(17)21-13(3)18(23)24)19(25)22-10-8-14(9-11-22)20(26)27-5-2/h6-7,12,14H,4-5,8-11H2,1-3H3.